The van der Waals surface area contributed by atoms with Crippen LogP contribution in [0.5, 0.6) is 0 Å². The lowest BCUT2D eigenvalue weighted by atomic mass is 10.5. The molecule has 2 heteroatoms. The zero-order chi connectivity index (χ0) is 4.99. The fraction of sp³-hybridized carbons (Fsp3) is 0.500. The molecule has 0 radical (unpaired) electrons. The van der Waals surface area contributed by atoms with Crippen molar-refractivity contribution in [2.24, 2.45) is 0 Å². The molecule has 0 nitrogen and oxygen atoms in total. The summed E-state index contributed by atoms with van der Waals surface area (Å²) in [5, 5.41) is 0. The summed E-state index contributed by atoms with van der Waals surface area (Å²) in [6, 6.07) is 0. The minimum absolute atomic E-state index is 0.273. The standard InChI is InChI=1S/C4H6BrF/c1-2-3-4(5)6/h3H,2H2,1H3/b4-3-. The van der Waals surface area contributed by atoms with Crippen LogP contribution in [-0.4, -0.2) is 0 Å². The first-order valence-electron chi connectivity index (χ1n) is 1.78. The molecule has 0 atom stereocenters. The van der Waals surface area contributed by atoms with Crippen molar-refractivity contribution in [1.82, 2.24) is 0 Å². The maximum atomic E-state index is 11.5. The normalized spacial score (nSPS) is 12.2. The van der Waals surface area contributed by atoms with E-state index in [4.69, 9.17) is 0 Å². The van der Waals surface area contributed by atoms with Gasteiger partial charge < -0.3 is 0 Å². The fourth-order valence-electron chi connectivity index (χ4n) is 0.154. The Morgan fingerprint density at radius 1 is 2.00 bits per heavy atom. The molecule has 0 bridgehead atoms. The largest absolute Gasteiger partial charge is 0.199 e. The Morgan fingerprint density at radius 2 is 2.50 bits per heavy atom. The van der Waals surface area contributed by atoms with Crippen molar-refractivity contribution in [3.8, 4) is 0 Å². The van der Waals surface area contributed by atoms with E-state index < -0.39 is 0 Å². The van der Waals surface area contributed by atoms with Crippen LogP contribution >= 0.6 is 15.9 Å². The molecule has 0 saturated carbocycles. The van der Waals surface area contributed by atoms with Gasteiger partial charge in [-0.25, -0.2) is 0 Å². The molecule has 0 aliphatic carbocycles. The lowest BCUT2D eigenvalue weighted by Crippen LogP contribution is -1.50. The molecular weight excluding hydrogens is 147 g/mol. The first-order chi connectivity index (χ1) is 2.77. The van der Waals surface area contributed by atoms with Gasteiger partial charge in [0.15, 0.2) is 4.74 Å². The smallest absolute Gasteiger partial charge is 0.161 e. The van der Waals surface area contributed by atoms with Crippen molar-refractivity contribution in [3.05, 3.63) is 10.8 Å². The van der Waals surface area contributed by atoms with E-state index in [0.717, 1.165) is 6.42 Å². The topological polar surface area (TPSA) is 0 Å². The van der Waals surface area contributed by atoms with Crippen LogP contribution in [0.15, 0.2) is 10.8 Å². The molecule has 0 spiro atoms. The molecule has 0 unspecified atom stereocenters. The maximum absolute atomic E-state index is 11.5. The summed E-state index contributed by atoms with van der Waals surface area (Å²) in [5.41, 5.74) is 0. The number of rotatable bonds is 1. The van der Waals surface area contributed by atoms with Crippen molar-refractivity contribution in [2.45, 2.75) is 13.3 Å². The molecule has 0 aromatic heterocycles. The van der Waals surface area contributed by atoms with Crippen molar-refractivity contribution in [1.29, 1.82) is 0 Å². The van der Waals surface area contributed by atoms with Crippen LogP contribution in [-0.2, 0) is 0 Å². The molecule has 0 rings (SSSR count). The number of hydrogen-bond donors (Lipinski definition) is 0. The first-order valence-corrected chi connectivity index (χ1v) is 2.57. The SMILES string of the molecule is CC/C=C(\F)Br. The molecule has 6 heavy (non-hydrogen) atoms. The lowest BCUT2D eigenvalue weighted by molar-refractivity contribution is 0.699. The van der Waals surface area contributed by atoms with Gasteiger partial charge in [-0.15, -0.1) is 0 Å². The highest BCUT2D eigenvalue weighted by Gasteiger charge is 1.75. The van der Waals surface area contributed by atoms with Gasteiger partial charge in [0.25, 0.3) is 0 Å². The second kappa shape index (κ2) is 3.34. The molecule has 0 N–H and O–H groups in total. The second-order valence-corrected chi connectivity index (χ2v) is 1.66. The van der Waals surface area contributed by atoms with Gasteiger partial charge in [0, 0.05) is 0 Å². The van der Waals surface area contributed by atoms with Crippen LogP contribution in [0.25, 0.3) is 0 Å². The summed E-state index contributed by atoms with van der Waals surface area (Å²) in [6.45, 7) is 1.88. The number of hydrogen-bond acceptors (Lipinski definition) is 0. The van der Waals surface area contributed by atoms with Crippen molar-refractivity contribution in [2.75, 3.05) is 0 Å². The Hall–Kier alpha value is 0.150. The molecule has 0 saturated heterocycles. The van der Waals surface area contributed by atoms with Crippen LogP contribution < -0.4 is 0 Å². The third kappa shape index (κ3) is 4.15. The van der Waals surface area contributed by atoms with Crippen LogP contribution in [0, 0.1) is 0 Å². The maximum Gasteiger partial charge on any atom is 0.161 e. The van der Waals surface area contributed by atoms with Crippen molar-refractivity contribution in [3.63, 3.8) is 0 Å². The lowest BCUT2D eigenvalue weighted by Gasteiger charge is -1.73. The summed E-state index contributed by atoms with van der Waals surface area (Å²) in [7, 11) is 0. The highest BCUT2D eigenvalue weighted by Crippen LogP contribution is 2.04. The van der Waals surface area contributed by atoms with E-state index in [1.54, 1.807) is 0 Å². The van der Waals surface area contributed by atoms with E-state index in [-0.39, 0.29) is 4.74 Å². The summed E-state index contributed by atoms with van der Waals surface area (Å²) < 4.78 is 11.2. The average Bonchev–Trinajstić information content (AvgIpc) is 1.35. The molecule has 0 aromatic carbocycles. The quantitative estimate of drug-likeness (QED) is 0.543. The molecule has 0 aromatic rings. The Balaban J connectivity index is 3.14. The van der Waals surface area contributed by atoms with Crippen LogP contribution in [0.1, 0.15) is 13.3 Å². The van der Waals surface area contributed by atoms with Gasteiger partial charge in [0.1, 0.15) is 0 Å². The minimum Gasteiger partial charge on any atom is -0.199 e. The summed E-state index contributed by atoms with van der Waals surface area (Å²) in [5.74, 6) is 0. The molecular formula is C4H6BrF. The zero-order valence-corrected chi connectivity index (χ0v) is 5.13. The van der Waals surface area contributed by atoms with Gasteiger partial charge in [-0.2, -0.15) is 4.39 Å². The van der Waals surface area contributed by atoms with Crippen molar-refractivity contribution >= 4 is 15.9 Å². The van der Waals surface area contributed by atoms with E-state index in [2.05, 4.69) is 15.9 Å². The zero-order valence-electron chi connectivity index (χ0n) is 3.54. The third-order valence-corrected chi connectivity index (χ3v) is 0.682. The Morgan fingerprint density at radius 3 is 2.50 bits per heavy atom. The number of allylic oxidation sites excluding steroid dienone is 1. The Kier molecular flexibility index (Phi) is 3.43. The first kappa shape index (κ1) is 6.15. The van der Waals surface area contributed by atoms with Crippen LogP contribution in [0.3, 0.4) is 0 Å². The van der Waals surface area contributed by atoms with Crippen LogP contribution in [0.4, 0.5) is 4.39 Å². The molecule has 0 aliphatic heterocycles. The van der Waals surface area contributed by atoms with E-state index in [1.165, 1.54) is 6.08 Å². The van der Waals surface area contributed by atoms with Gasteiger partial charge in [-0.05, 0) is 28.4 Å². The van der Waals surface area contributed by atoms with Crippen molar-refractivity contribution < 1.29 is 4.39 Å². The third-order valence-electron chi connectivity index (χ3n) is 0.358. The summed E-state index contributed by atoms with van der Waals surface area (Å²) in [6.07, 6.45) is 2.21. The summed E-state index contributed by atoms with van der Waals surface area (Å²) in [4.78, 5) is 0. The predicted octanol–water partition coefficient (Wildman–Crippen LogP) is 2.60. The van der Waals surface area contributed by atoms with Gasteiger partial charge >= 0.3 is 0 Å². The second-order valence-electron chi connectivity index (χ2n) is 0.902. The predicted molar refractivity (Wildman–Crippen MR) is 28.4 cm³/mol. The summed E-state index contributed by atoms with van der Waals surface area (Å²) >= 11 is 2.63. The highest BCUT2D eigenvalue weighted by molar-refractivity contribution is 9.11. The molecule has 0 heterocycles. The van der Waals surface area contributed by atoms with Gasteiger partial charge in [-0.1, -0.05) is 6.92 Å². The molecule has 0 amide bonds. The van der Waals surface area contributed by atoms with Gasteiger partial charge in [0.2, 0.25) is 0 Å². The fourth-order valence-corrected chi connectivity index (χ4v) is 0.478. The monoisotopic (exact) mass is 152 g/mol. The Labute approximate surface area is 45.2 Å². The Bertz CT molecular complexity index is 54.6. The molecule has 0 fully saturated rings. The average molecular weight is 153 g/mol. The number of halogens is 2. The molecule has 36 valence electrons. The minimum atomic E-state index is -0.273. The van der Waals surface area contributed by atoms with Gasteiger partial charge in [-0.3, -0.25) is 0 Å². The van der Waals surface area contributed by atoms with Gasteiger partial charge in [0.05, 0.1) is 0 Å². The van der Waals surface area contributed by atoms with E-state index in [1.807, 2.05) is 6.92 Å². The van der Waals surface area contributed by atoms with E-state index >= 15 is 0 Å². The highest BCUT2D eigenvalue weighted by atomic mass is 79.9. The van der Waals surface area contributed by atoms with E-state index in [9.17, 15) is 4.39 Å². The van der Waals surface area contributed by atoms with E-state index in [0.29, 0.717) is 0 Å². The molecule has 0 aliphatic rings. The van der Waals surface area contributed by atoms with Crippen LogP contribution in [0.2, 0.25) is 0 Å².